The zero-order valence-corrected chi connectivity index (χ0v) is 48.8. The summed E-state index contributed by atoms with van der Waals surface area (Å²) in [5, 5.41) is 5.24. The minimum Gasteiger partial charge on any atom is -0.497 e. The molecule has 1 fully saturated rings. The summed E-state index contributed by atoms with van der Waals surface area (Å²) >= 11 is 0. The predicted octanol–water partition coefficient (Wildman–Crippen LogP) is 11.8. The number of amides is 1. The van der Waals surface area contributed by atoms with Gasteiger partial charge in [-0.05, 0) is 81.3 Å². The van der Waals surface area contributed by atoms with E-state index in [0.29, 0.717) is 41.6 Å². The average molecular weight is 1140 g/mol. The van der Waals surface area contributed by atoms with Crippen LogP contribution in [0.1, 0.15) is 82.2 Å². The van der Waals surface area contributed by atoms with Gasteiger partial charge in [0.05, 0.1) is 33.8 Å². The van der Waals surface area contributed by atoms with Crippen LogP contribution in [0.2, 0.25) is 5.04 Å². The van der Waals surface area contributed by atoms with Gasteiger partial charge in [-0.2, -0.15) is 9.97 Å². The number of hydrogen-bond donors (Lipinski definition) is 1. The summed E-state index contributed by atoms with van der Waals surface area (Å²) in [5.41, 5.74) is 1.88. The Labute approximate surface area is 486 Å². The Morgan fingerprint density at radius 3 is 1.82 bits per heavy atom. The molecule has 8 aromatic rings. The lowest BCUT2D eigenvalue weighted by Crippen LogP contribution is -2.66. The molecule has 0 aliphatic carbocycles. The highest BCUT2D eigenvalue weighted by atomic mass is 28.4. The molecule has 3 atom stereocenters. The van der Waals surface area contributed by atoms with Gasteiger partial charge in [0.25, 0.3) is 14.2 Å². The van der Waals surface area contributed by atoms with Crippen LogP contribution in [0.3, 0.4) is 0 Å². The Morgan fingerprint density at radius 1 is 0.687 bits per heavy atom. The molecule has 0 radical (unpaired) electrons. The smallest absolute Gasteiger partial charge is 0.497 e. The monoisotopic (exact) mass is 1140 g/mol. The number of aromatic nitrogens is 4. The van der Waals surface area contributed by atoms with Crippen molar-refractivity contribution in [1.82, 2.24) is 19.5 Å². The third-order valence-corrected chi connectivity index (χ3v) is 19.8. The summed E-state index contributed by atoms with van der Waals surface area (Å²) in [6.45, 7) is 11.1. The summed E-state index contributed by atoms with van der Waals surface area (Å²) in [7, 11) is 0.614. The maximum atomic E-state index is 13.5. The number of carbonyl (C=O) groups excluding carboxylic acids is 2. The van der Waals surface area contributed by atoms with Crippen molar-refractivity contribution in [3.8, 4) is 23.1 Å². The van der Waals surface area contributed by atoms with Crippen molar-refractivity contribution in [2.75, 3.05) is 52.6 Å². The summed E-state index contributed by atoms with van der Waals surface area (Å²) in [5.74, 6) is 1.54. The van der Waals surface area contributed by atoms with Crippen LogP contribution in [-0.4, -0.2) is 99.4 Å². The number of anilines is 1. The van der Waals surface area contributed by atoms with E-state index in [1.54, 1.807) is 37.2 Å². The normalized spacial score (nSPS) is 15.3. The van der Waals surface area contributed by atoms with Crippen molar-refractivity contribution in [3.63, 3.8) is 0 Å². The molecule has 17 heteroatoms. The van der Waals surface area contributed by atoms with Gasteiger partial charge in [-0.25, -0.2) is 9.78 Å². The number of methoxy groups -OCH3 is 2. The first kappa shape index (κ1) is 59.3. The van der Waals surface area contributed by atoms with E-state index in [4.69, 9.17) is 52.3 Å². The van der Waals surface area contributed by atoms with Crippen LogP contribution >= 0.6 is 0 Å². The molecule has 0 unspecified atom stereocenters. The lowest BCUT2D eigenvalue weighted by Gasteiger charge is -2.43. The average Bonchev–Trinajstić information content (AvgIpc) is 4.24. The minimum atomic E-state index is -2.62. The third-order valence-electron chi connectivity index (χ3n) is 14.7. The van der Waals surface area contributed by atoms with E-state index in [2.05, 4.69) is 98.3 Å². The number of carbonyl (C=O) groups is 2. The third kappa shape index (κ3) is 14.1. The Bertz CT molecular complexity index is 3240. The summed E-state index contributed by atoms with van der Waals surface area (Å²) in [6, 6.07) is 55.7. The van der Waals surface area contributed by atoms with E-state index < -0.39 is 44.4 Å². The standard InChI is InChI=1S/C66H73N5O11Si/c1-7-41-77-64(73)82-56-44-59(81-57(56)45-79-66(48-25-15-11-16-26-48,49-33-37-51(74-5)38-34-49)50-35-39-52(75-6)40-36-50)71-47-67-60-61(71)69-63(68-58(72)46-78-53-27-17-12-18-28-53)70-62(60)76-42-23-9-8-10-24-43-80-83(65(2,3)4,54-29-19-13-20-30-54)55-31-21-14-22-32-55/h7,11-22,25-40,47,56-57,59H,1,8-10,23-24,41-46H2,2-6H3,(H,68,69,70,72)/t56-,57+,59+/m0/s1. The number of rotatable bonds is 28. The van der Waals surface area contributed by atoms with Crippen LogP contribution in [0.5, 0.6) is 23.1 Å². The van der Waals surface area contributed by atoms with Gasteiger partial charge in [0.15, 0.2) is 17.8 Å². The number of nitrogens with one attached hydrogen (secondary N) is 1. The predicted molar refractivity (Wildman–Crippen MR) is 321 cm³/mol. The SMILES string of the molecule is C=CCOC(=O)O[C@H]1C[C@H](n2cnc3c(OCCCCCCCO[Si](c4ccccc4)(c4ccccc4)C(C)(C)C)nc(NC(=O)COc4ccccc4)nc32)O[C@@H]1COC(c1ccccc1)(c1ccc(OC)cc1)c1ccc(OC)cc1. The number of hydrogen-bond acceptors (Lipinski definition) is 14. The molecule has 432 valence electrons. The number of unbranched alkanes of at least 4 members (excludes halogenated alkanes) is 4. The largest absolute Gasteiger partial charge is 0.508 e. The molecular formula is C66H73N5O11Si. The molecule has 0 bridgehead atoms. The number of fused-ring (bicyclic) bond motifs is 1. The first-order valence-electron chi connectivity index (χ1n) is 28.1. The number of benzene rings is 6. The minimum absolute atomic E-state index is 0.0258. The van der Waals surface area contributed by atoms with Gasteiger partial charge in [-0.15, -0.1) is 0 Å². The molecule has 3 heterocycles. The van der Waals surface area contributed by atoms with Gasteiger partial charge >= 0.3 is 6.16 Å². The topological polar surface area (TPSA) is 173 Å². The van der Waals surface area contributed by atoms with Crippen molar-refractivity contribution in [3.05, 3.63) is 206 Å². The fourth-order valence-electron chi connectivity index (χ4n) is 10.7. The van der Waals surface area contributed by atoms with Gasteiger partial charge in [0.1, 0.15) is 47.9 Å². The molecule has 83 heavy (non-hydrogen) atoms. The highest BCUT2D eigenvalue weighted by Crippen LogP contribution is 2.44. The van der Waals surface area contributed by atoms with E-state index in [0.717, 1.165) is 48.8 Å². The maximum absolute atomic E-state index is 13.5. The van der Waals surface area contributed by atoms with Crippen LogP contribution in [-0.2, 0) is 33.8 Å². The van der Waals surface area contributed by atoms with Gasteiger partial charge in [0, 0.05) is 13.0 Å². The Morgan fingerprint density at radius 2 is 1.24 bits per heavy atom. The van der Waals surface area contributed by atoms with E-state index in [1.165, 1.54) is 16.4 Å². The molecular weight excluding hydrogens is 1070 g/mol. The molecule has 0 spiro atoms. The quantitative estimate of drug-likeness (QED) is 0.0161. The molecule has 1 amide bonds. The zero-order valence-electron chi connectivity index (χ0n) is 47.8. The molecule has 0 saturated carbocycles. The zero-order chi connectivity index (χ0) is 58.1. The number of nitrogens with zero attached hydrogens (tertiary/aromatic N) is 4. The van der Waals surface area contributed by atoms with E-state index >= 15 is 0 Å². The second kappa shape index (κ2) is 28.1. The molecule has 6 aromatic carbocycles. The van der Waals surface area contributed by atoms with Crippen LogP contribution in [0, 0.1) is 0 Å². The van der Waals surface area contributed by atoms with Crippen LogP contribution in [0.15, 0.2) is 189 Å². The first-order chi connectivity index (χ1) is 40.4. The number of ether oxygens (including phenoxy) is 8. The Hall–Kier alpha value is -8.35. The lowest BCUT2D eigenvalue weighted by atomic mass is 9.80. The highest BCUT2D eigenvalue weighted by molar-refractivity contribution is 6.99. The Balaban J connectivity index is 0.941. The highest BCUT2D eigenvalue weighted by Gasteiger charge is 2.50. The van der Waals surface area contributed by atoms with Crippen LogP contribution in [0.25, 0.3) is 11.2 Å². The first-order valence-corrected chi connectivity index (χ1v) is 30.0. The van der Waals surface area contributed by atoms with E-state index in [9.17, 15) is 9.59 Å². The fraction of sp³-hybridized carbons (Fsp3) is 0.318. The Kier molecular flexibility index (Phi) is 20.1. The summed E-state index contributed by atoms with van der Waals surface area (Å²) < 4.78 is 57.7. The van der Waals surface area contributed by atoms with Gasteiger partial charge in [-0.1, -0.05) is 186 Å². The second-order valence-electron chi connectivity index (χ2n) is 21.1. The molecule has 1 aliphatic heterocycles. The maximum Gasteiger partial charge on any atom is 0.508 e. The number of imidazole rings is 1. The van der Waals surface area contributed by atoms with Crippen LogP contribution in [0.4, 0.5) is 10.7 Å². The molecule has 16 nitrogen and oxygen atoms in total. The molecule has 1 aliphatic rings. The van der Waals surface area contributed by atoms with Crippen molar-refractivity contribution in [1.29, 1.82) is 0 Å². The second-order valence-corrected chi connectivity index (χ2v) is 25.4. The number of para-hydroxylation sites is 1. The molecule has 1 N–H and O–H groups in total. The summed E-state index contributed by atoms with van der Waals surface area (Å²) in [6.07, 6.45) is 4.25. The molecule has 1 saturated heterocycles. The van der Waals surface area contributed by atoms with Crippen molar-refractivity contribution >= 4 is 47.9 Å². The van der Waals surface area contributed by atoms with Crippen molar-refractivity contribution in [2.24, 2.45) is 0 Å². The lowest BCUT2D eigenvalue weighted by molar-refractivity contribution is -0.118. The van der Waals surface area contributed by atoms with Gasteiger partial charge in [-0.3, -0.25) is 14.7 Å². The van der Waals surface area contributed by atoms with Gasteiger partial charge < -0.3 is 42.3 Å². The molecule has 2 aromatic heterocycles. The van der Waals surface area contributed by atoms with E-state index in [1.807, 2.05) is 97.1 Å². The summed E-state index contributed by atoms with van der Waals surface area (Å²) in [4.78, 5) is 41.0. The van der Waals surface area contributed by atoms with Crippen LogP contribution < -0.4 is 34.6 Å². The fourth-order valence-corrected chi connectivity index (χ4v) is 15.3. The molecule has 9 rings (SSSR count). The van der Waals surface area contributed by atoms with Crippen molar-refractivity contribution < 1.29 is 51.9 Å². The van der Waals surface area contributed by atoms with Crippen molar-refractivity contribution in [2.45, 2.75) is 88.4 Å². The van der Waals surface area contributed by atoms with E-state index in [-0.39, 0.29) is 43.1 Å². The van der Waals surface area contributed by atoms with Gasteiger partial charge in [0.2, 0.25) is 11.8 Å².